The monoisotopic (exact) mass is 206 g/mol. The molecule has 1 atom stereocenters. The first-order valence-corrected chi connectivity index (χ1v) is 5.75. The molecule has 1 aliphatic rings. The van der Waals surface area contributed by atoms with Crippen LogP contribution in [0.2, 0.25) is 0 Å². The van der Waals surface area contributed by atoms with Crippen molar-refractivity contribution in [3.8, 4) is 6.07 Å². The van der Waals surface area contributed by atoms with Crippen LogP contribution in [0.1, 0.15) is 34.2 Å². The number of aryl methyl sites for hydroxylation is 2. The first-order chi connectivity index (χ1) is 6.70. The molecule has 74 valence electrons. The van der Waals surface area contributed by atoms with Gasteiger partial charge in [-0.25, -0.2) is 0 Å². The van der Waals surface area contributed by atoms with E-state index in [4.69, 9.17) is 5.26 Å². The van der Waals surface area contributed by atoms with Crippen molar-refractivity contribution in [3.63, 3.8) is 0 Å². The summed E-state index contributed by atoms with van der Waals surface area (Å²) in [5.41, 5.74) is 1.17. The lowest BCUT2D eigenvalue weighted by molar-refractivity contribution is 0.625. The largest absolute Gasteiger partial charge is 0.295 e. The first kappa shape index (κ1) is 9.70. The molecule has 1 heterocycles. The average Bonchev–Trinajstić information content (AvgIpc) is 2.89. The van der Waals surface area contributed by atoms with Crippen LogP contribution in [0.15, 0.2) is 6.07 Å². The zero-order valence-electron chi connectivity index (χ0n) is 8.50. The molecule has 2 rings (SSSR count). The van der Waals surface area contributed by atoms with E-state index >= 15 is 0 Å². The Kier molecular flexibility index (Phi) is 2.58. The van der Waals surface area contributed by atoms with Crippen molar-refractivity contribution < 1.29 is 0 Å². The van der Waals surface area contributed by atoms with Gasteiger partial charge < -0.3 is 0 Å². The van der Waals surface area contributed by atoms with Crippen LogP contribution in [0.25, 0.3) is 0 Å². The van der Waals surface area contributed by atoms with Crippen molar-refractivity contribution >= 4 is 11.3 Å². The maximum Gasteiger partial charge on any atom is 0.122 e. The second kappa shape index (κ2) is 3.72. The van der Waals surface area contributed by atoms with Gasteiger partial charge in [0.25, 0.3) is 0 Å². The van der Waals surface area contributed by atoms with Gasteiger partial charge in [-0.15, -0.1) is 11.3 Å². The molecule has 0 aromatic carbocycles. The van der Waals surface area contributed by atoms with Crippen LogP contribution in [0.3, 0.4) is 0 Å². The second-order valence-corrected chi connectivity index (χ2v) is 5.33. The van der Waals surface area contributed by atoms with Gasteiger partial charge in [-0.1, -0.05) is 0 Å². The van der Waals surface area contributed by atoms with Crippen molar-refractivity contribution in [2.75, 3.05) is 0 Å². The molecule has 0 spiro atoms. The predicted octanol–water partition coefficient (Wildman–Crippen LogP) is 2.68. The van der Waals surface area contributed by atoms with Crippen LogP contribution in [0, 0.1) is 25.2 Å². The van der Waals surface area contributed by atoms with Gasteiger partial charge in [0.2, 0.25) is 0 Å². The maximum atomic E-state index is 9.08. The number of rotatable bonds is 3. The molecule has 0 aliphatic heterocycles. The smallest absolute Gasteiger partial charge is 0.122 e. The SMILES string of the molecule is Cc1cc(C(C#N)NC2CC2)c(C)s1. The minimum Gasteiger partial charge on any atom is -0.295 e. The van der Waals surface area contributed by atoms with Crippen molar-refractivity contribution in [2.45, 2.75) is 38.8 Å². The number of nitriles is 1. The Hall–Kier alpha value is -0.850. The molecular formula is C11H14N2S. The minimum atomic E-state index is -0.104. The van der Waals surface area contributed by atoms with Gasteiger partial charge in [-0.3, -0.25) is 5.32 Å². The highest BCUT2D eigenvalue weighted by Crippen LogP contribution is 2.29. The summed E-state index contributed by atoms with van der Waals surface area (Å²) in [7, 11) is 0. The molecule has 0 saturated heterocycles. The van der Waals surface area contributed by atoms with Gasteiger partial charge in [0.15, 0.2) is 0 Å². The fraction of sp³-hybridized carbons (Fsp3) is 0.545. The molecule has 1 aromatic heterocycles. The lowest BCUT2D eigenvalue weighted by atomic mass is 10.1. The lowest BCUT2D eigenvalue weighted by Gasteiger charge is -2.09. The Bertz CT molecular complexity index is 371. The Balaban J connectivity index is 2.17. The molecule has 0 bridgehead atoms. The molecule has 0 amide bonds. The van der Waals surface area contributed by atoms with Gasteiger partial charge >= 0.3 is 0 Å². The highest BCUT2D eigenvalue weighted by Gasteiger charge is 2.26. The molecule has 14 heavy (non-hydrogen) atoms. The van der Waals surface area contributed by atoms with Crippen LogP contribution in [-0.2, 0) is 0 Å². The highest BCUT2D eigenvalue weighted by molar-refractivity contribution is 7.12. The van der Waals surface area contributed by atoms with E-state index in [0.29, 0.717) is 6.04 Å². The summed E-state index contributed by atoms with van der Waals surface area (Å²) in [6, 6.07) is 4.95. The Morgan fingerprint density at radius 2 is 2.29 bits per heavy atom. The Morgan fingerprint density at radius 3 is 2.71 bits per heavy atom. The van der Waals surface area contributed by atoms with Gasteiger partial charge in [-0.05, 0) is 38.3 Å². The fourth-order valence-electron chi connectivity index (χ4n) is 1.62. The van der Waals surface area contributed by atoms with E-state index in [9.17, 15) is 0 Å². The van der Waals surface area contributed by atoms with Crippen LogP contribution < -0.4 is 5.32 Å². The summed E-state index contributed by atoms with van der Waals surface area (Å²) in [5.74, 6) is 0. The third-order valence-corrected chi connectivity index (χ3v) is 3.48. The van der Waals surface area contributed by atoms with E-state index in [1.54, 1.807) is 11.3 Å². The van der Waals surface area contributed by atoms with Crippen molar-refractivity contribution in [3.05, 3.63) is 21.4 Å². The highest BCUT2D eigenvalue weighted by atomic mass is 32.1. The standard InChI is InChI=1S/C11H14N2S/c1-7-5-10(8(2)14-7)11(6-12)13-9-3-4-9/h5,9,11,13H,3-4H2,1-2H3. The van der Waals surface area contributed by atoms with E-state index in [2.05, 4.69) is 31.3 Å². The van der Waals surface area contributed by atoms with Crippen LogP contribution in [0.4, 0.5) is 0 Å². The molecule has 1 aliphatic carbocycles. The number of nitrogens with zero attached hydrogens (tertiary/aromatic N) is 1. The van der Waals surface area contributed by atoms with E-state index in [1.165, 1.54) is 28.2 Å². The maximum absolute atomic E-state index is 9.08. The molecule has 2 nitrogen and oxygen atoms in total. The van der Waals surface area contributed by atoms with Crippen molar-refractivity contribution in [2.24, 2.45) is 0 Å². The zero-order valence-corrected chi connectivity index (χ0v) is 9.32. The van der Waals surface area contributed by atoms with Crippen LogP contribution >= 0.6 is 11.3 Å². The molecule has 1 aromatic rings. The molecule has 1 N–H and O–H groups in total. The third-order valence-electron chi connectivity index (χ3n) is 2.50. The minimum absolute atomic E-state index is 0.104. The number of thiophene rings is 1. The summed E-state index contributed by atoms with van der Waals surface area (Å²) in [6.07, 6.45) is 2.45. The van der Waals surface area contributed by atoms with Crippen molar-refractivity contribution in [1.29, 1.82) is 5.26 Å². The van der Waals surface area contributed by atoms with Gasteiger partial charge in [0.1, 0.15) is 6.04 Å². The summed E-state index contributed by atoms with van der Waals surface area (Å²) < 4.78 is 0. The summed E-state index contributed by atoms with van der Waals surface area (Å²) in [6.45, 7) is 4.18. The van der Waals surface area contributed by atoms with Crippen LogP contribution in [-0.4, -0.2) is 6.04 Å². The fourth-order valence-corrected chi connectivity index (χ4v) is 2.58. The second-order valence-electron chi connectivity index (χ2n) is 3.87. The van der Waals surface area contributed by atoms with Gasteiger partial charge in [-0.2, -0.15) is 5.26 Å². The lowest BCUT2D eigenvalue weighted by Crippen LogP contribution is -2.22. The average molecular weight is 206 g/mol. The molecule has 1 saturated carbocycles. The third kappa shape index (κ3) is 1.97. The van der Waals surface area contributed by atoms with Crippen molar-refractivity contribution in [1.82, 2.24) is 5.32 Å². The quantitative estimate of drug-likeness (QED) is 0.825. The molecule has 3 heteroatoms. The Morgan fingerprint density at radius 1 is 1.57 bits per heavy atom. The van der Waals surface area contributed by atoms with Crippen LogP contribution in [0.5, 0.6) is 0 Å². The summed E-state index contributed by atoms with van der Waals surface area (Å²) in [4.78, 5) is 2.55. The van der Waals surface area contributed by atoms with E-state index < -0.39 is 0 Å². The topological polar surface area (TPSA) is 35.8 Å². The van der Waals surface area contributed by atoms with Gasteiger partial charge in [0, 0.05) is 15.8 Å². The normalized spacial score (nSPS) is 17.8. The number of hydrogen-bond acceptors (Lipinski definition) is 3. The van der Waals surface area contributed by atoms with E-state index in [0.717, 1.165) is 0 Å². The Labute approximate surface area is 88.6 Å². The van der Waals surface area contributed by atoms with E-state index in [1.807, 2.05) is 0 Å². The number of hydrogen-bond donors (Lipinski definition) is 1. The molecule has 1 unspecified atom stereocenters. The summed E-state index contributed by atoms with van der Waals surface area (Å²) >= 11 is 1.77. The zero-order chi connectivity index (χ0) is 10.1. The molecular weight excluding hydrogens is 192 g/mol. The summed E-state index contributed by atoms with van der Waals surface area (Å²) in [5, 5.41) is 12.4. The predicted molar refractivity (Wildman–Crippen MR) is 58.3 cm³/mol. The van der Waals surface area contributed by atoms with E-state index in [-0.39, 0.29) is 6.04 Å². The molecule has 1 fully saturated rings. The number of nitrogens with one attached hydrogen (secondary N) is 1. The first-order valence-electron chi connectivity index (χ1n) is 4.93. The molecule has 0 radical (unpaired) electrons. The van der Waals surface area contributed by atoms with Gasteiger partial charge in [0.05, 0.1) is 6.07 Å².